The van der Waals surface area contributed by atoms with Gasteiger partial charge in [0.25, 0.3) is 5.69 Å². The summed E-state index contributed by atoms with van der Waals surface area (Å²) >= 11 is 0. The summed E-state index contributed by atoms with van der Waals surface area (Å²) in [4.78, 5) is 9.68. The third-order valence-corrected chi connectivity index (χ3v) is 1.61. The van der Waals surface area contributed by atoms with Crippen molar-refractivity contribution >= 4 is 11.4 Å². The molecular formula is C9H11FN2O2. The van der Waals surface area contributed by atoms with Crippen LogP contribution in [0.2, 0.25) is 0 Å². The molecule has 1 rings (SSSR count). The molecule has 0 bridgehead atoms. The number of halogens is 1. The van der Waals surface area contributed by atoms with Gasteiger partial charge in [-0.1, -0.05) is 0 Å². The van der Waals surface area contributed by atoms with Crippen LogP contribution in [-0.4, -0.2) is 11.0 Å². The largest absolute Gasteiger partial charge is 0.380 e. The van der Waals surface area contributed by atoms with E-state index in [1.54, 1.807) is 0 Å². The highest BCUT2D eigenvalue weighted by molar-refractivity contribution is 5.50. The molecule has 0 spiro atoms. The number of hydrogen-bond donors (Lipinski definition) is 1. The van der Waals surface area contributed by atoms with Crippen molar-refractivity contribution in [1.29, 1.82) is 0 Å². The Hall–Kier alpha value is -1.65. The average molecular weight is 198 g/mol. The van der Waals surface area contributed by atoms with Crippen molar-refractivity contribution in [2.24, 2.45) is 0 Å². The predicted molar refractivity (Wildman–Crippen MR) is 51.8 cm³/mol. The van der Waals surface area contributed by atoms with Crippen LogP contribution in [0.1, 0.15) is 13.8 Å². The van der Waals surface area contributed by atoms with Crippen LogP contribution in [0.5, 0.6) is 0 Å². The van der Waals surface area contributed by atoms with Crippen molar-refractivity contribution in [3.8, 4) is 0 Å². The number of non-ortho nitro benzene ring substituents is 1. The minimum atomic E-state index is -0.623. The van der Waals surface area contributed by atoms with Crippen LogP contribution in [0.25, 0.3) is 0 Å². The minimum absolute atomic E-state index is 0.0888. The first-order chi connectivity index (χ1) is 6.50. The minimum Gasteiger partial charge on any atom is -0.380 e. The van der Waals surface area contributed by atoms with E-state index in [1.807, 2.05) is 13.8 Å². The van der Waals surface area contributed by atoms with E-state index in [0.717, 1.165) is 6.07 Å². The number of rotatable bonds is 3. The van der Waals surface area contributed by atoms with E-state index >= 15 is 0 Å². The van der Waals surface area contributed by atoms with Crippen molar-refractivity contribution in [3.63, 3.8) is 0 Å². The van der Waals surface area contributed by atoms with Crippen LogP contribution in [0.3, 0.4) is 0 Å². The molecule has 0 aliphatic heterocycles. The molecule has 0 aliphatic carbocycles. The molecule has 0 aromatic heterocycles. The van der Waals surface area contributed by atoms with Gasteiger partial charge in [0.15, 0.2) is 5.82 Å². The molecule has 0 aliphatic rings. The van der Waals surface area contributed by atoms with Crippen LogP contribution in [-0.2, 0) is 0 Å². The summed E-state index contributed by atoms with van der Waals surface area (Å²) in [5.74, 6) is -0.604. The number of hydrogen-bond acceptors (Lipinski definition) is 3. The standard InChI is InChI=1S/C9H11FN2O2/c1-6(2)11-9-4-3-7(12(13)14)5-8(9)10/h3-6,11H,1-2H3. The van der Waals surface area contributed by atoms with Crippen LogP contribution in [0.15, 0.2) is 18.2 Å². The molecule has 0 atom stereocenters. The number of nitrogens with one attached hydrogen (secondary N) is 1. The lowest BCUT2D eigenvalue weighted by Crippen LogP contribution is -2.11. The lowest BCUT2D eigenvalue weighted by atomic mass is 10.2. The number of nitrogens with zero attached hydrogens (tertiary/aromatic N) is 1. The molecule has 5 heteroatoms. The Morgan fingerprint density at radius 3 is 2.57 bits per heavy atom. The van der Waals surface area contributed by atoms with Crippen molar-refractivity contribution in [3.05, 3.63) is 34.1 Å². The average Bonchev–Trinajstić information content (AvgIpc) is 2.07. The smallest absolute Gasteiger partial charge is 0.272 e. The van der Waals surface area contributed by atoms with Crippen molar-refractivity contribution in [2.45, 2.75) is 19.9 Å². The summed E-state index contributed by atoms with van der Waals surface area (Å²) in [6.45, 7) is 3.72. The Morgan fingerprint density at radius 2 is 2.14 bits per heavy atom. The molecule has 0 saturated heterocycles. The van der Waals surface area contributed by atoms with E-state index in [2.05, 4.69) is 5.32 Å². The molecular weight excluding hydrogens is 187 g/mol. The van der Waals surface area contributed by atoms with Crippen LogP contribution in [0.4, 0.5) is 15.8 Å². The van der Waals surface area contributed by atoms with Crippen molar-refractivity contribution < 1.29 is 9.31 Å². The summed E-state index contributed by atoms with van der Waals surface area (Å²) < 4.78 is 13.2. The van der Waals surface area contributed by atoms with Gasteiger partial charge in [-0.25, -0.2) is 4.39 Å². The second-order valence-electron chi connectivity index (χ2n) is 3.22. The summed E-state index contributed by atoms with van der Waals surface area (Å²) in [6, 6.07) is 3.64. The molecule has 0 heterocycles. The molecule has 0 unspecified atom stereocenters. The van der Waals surface area contributed by atoms with E-state index < -0.39 is 10.7 Å². The van der Waals surface area contributed by atoms with Gasteiger partial charge in [-0.05, 0) is 19.9 Å². The second kappa shape index (κ2) is 4.04. The first kappa shape index (κ1) is 10.4. The first-order valence-electron chi connectivity index (χ1n) is 4.21. The maximum atomic E-state index is 13.2. The molecule has 76 valence electrons. The zero-order valence-corrected chi connectivity index (χ0v) is 7.95. The van der Waals surface area contributed by atoms with E-state index in [0.29, 0.717) is 0 Å². The summed E-state index contributed by atoms with van der Waals surface area (Å²) in [5.41, 5.74) is 0.0439. The van der Waals surface area contributed by atoms with E-state index in [4.69, 9.17) is 0 Å². The zero-order chi connectivity index (χ0) is 10.7. The highest BCUT2D eigenvalue weighted by Gasteiger charge is 2.10. The van der Waals surface area contributed by atoms with E-state index in [-0.39, 0.29) is 17.4 Å². The first-order valence-corrected chi connectivity index (χ1v) is 4.21. The highest BCUT2D eigenvalue weighted by Crippen LogP contribution is 2.20. The highest BCUT2D eigenvalue weighted by atomic mass is 19.1. The van der Waals surface area contributed by atoms with Crippen molar-refractivity contribution in [2.75, 3.05) is 5.32 Å². The normalized spacial score (nSPS) is 10.3. The van der Waals surface area contributed by atoms with Gasteiger partial charge in [-0.3, -0.25) is 10.1 Å². The molecule has 0 amide bonds. The quantitative estimate of drug-likeness (QED) is 0.599. The predicted octanol–water partition coefficient (Wildman–Crippen LogP) is 2.55. The Morgan fingerprint density at radius 1 is 1.50 bits per heavy atom. The summed E-state index contributed by atoms with van der Waals surface area (Å²) in [7, 11) is 0. The number of benzene rings is 1. The van der Waals surface area contributed by atoms with Gasteiger partial charge < -0.3 is 5.32 Å². The number of anilines is 1. The lowest BCUT2D eigenvalue weighted by Gasteiger charge is -2.09. The fourth-order valence-corrected chi connectivity index (χ4v) is 1.05. The Bertz CT molecular complexity index is 353. The number of nitro groups is 1. The summed E-state index contributed by atoms with van der Waals surface area (Å²) in [5, 5.41) is 13.1. The summed E-state index contributed by atoms with van der Waals surface area (Å²) in [6.07, 6.45) is 0. The third kappa shape index (κ3) is 2.42. The molecule has 4 nitrogen and oxygen atoms in total. The van der Waals surface area contributed by atoms with Gasteiger partial charge >= 0.3 is 0 Å². The topological polar surface area (TPSA) is 55.2 Å². The van der Waals surface area contributed by atoms with Crippen LogP contribution in [0, 0.1) is 15.9 Å². The third-order valence-electron chi connectivity index (χ3n) is 1.61. The van der Waals surface area contributed by atoms with E-state index in [1.165, 1.54) is 12.1 Å². The van der Waals surface area contributed by atoms with Gasteiger partial charge in [0.1, 0.15) is 0 Å². The second-order valence-corrected chi connectivity index (χ2v) is 3.22. The van der Waals surface area contributed by atoms with Gasteiger partial charge in [0, 0.05) is 12.1 Å². The fraction of sp³-hybridized carbons (Fsp3) is 0.333. The van der Waals surface area contributed by atoms with Crippen LogP contribution < -0.4 is 5.32 Å². The van der Waals surface area contributed by atoms with Gasteiger partial charge in [-0.2, -0.15) is 0 Å². The maximum absolute atomic E-state index is 13.2. The molecule has 1 aromatic rings. The maximum Gasteiger partial charge on any atom is 0.272 e. The lowest BCUT2D eigenvalue weighted by molar-refractivity contribution is -0.385. The fourth-order valence-electron chi connectivity index (χ4n) is 1.05. The molecule has 0 saturated carbocycles. The molecule has 14 heavy (non-hydrogen) atoms. The van der Waals surface area contributed by atoms with Gasteiger partial charge in [0.05, 0.1) is 16.7 Å². The Balaban J connectivity index is 2.95. The molecule has 1 aromatic carbocycles. The van der Waals surface area contributed by atoms with Crippen molar-refractivity contribution in [1.82, 2.24) is 0 Å². The molecule has 0 radical (unpaired) electrons. The van der Waals surface area contributed by atoms with Gasteiger partial charge in [0.2, 0.25) is 0 Å². The zero-order valence-electron chi connectivity index (χ0n) is 7.95. The van der Waals surface area contributed by atoms with Gasteiger partial charge in [-0.15, -0.1) is 0 Å². The Labute approximate surface area is 80.9 Å². The molecule has 1 N–H and O–H groups in total. The van der Waals surface area contributed by atoms with Crippen LogP contribution >= 0.6 is 0 Å². The monoisotopic (exact) mass is 198 g/mol. The van der Waals surface area contributed by atoms with E-state index in [9.17, 15) is 14.5 Å². The SMILES string of the molecule is CC(C)Nc1ccc([N+](=O)[O-])cc1F. The number of nitro benzene ring substituents is 1. The Kier molecular flexibility index (Phi) is 3.01. The molecule has 0 fully saturated rings.